The molecule has 5 nitrogen and oxygen atoms in total. The molecule has 136 valence electrons. The molecule has 1 atom stereocenters. The van der Waals surface area contributed by atoms with Gasteiger partial charge in [0.05, 0.1) is 17.4 Å². The molecule has 1 saturated carbocycles. The summed E-state index contributed by atoms with van der Waals surface area (Å²) in [5.74, 6) is 0.119. The van der Waals surface area contributed by atoms with Crippen LogP contribution >= 0.6 is 0 Å². The fourth-order valence-corrected chi connectivity index (χ4v) is 4.27. The van der Waals surface area contributed by atoms with E-state index in [0.717, 1.165) is 35.3 Å². The average Bonchev–Trinajstić information content (AvgIpc) is 3.41. The molecular formula is C22H22N4O. The van der Waals surface area contributed by atoms with Crippen molar-refractivity contribution in [3.05, 3.63) is 78.1 Å². The Hall–Kier alpha value is -3.08. The predicted octanol–water partition coefficient (Wildman–Crippen LogP) is 4.38. The zero-order valence-electron chi connectivity index (χ0n) is 15.1. The van der Waals surface area contributed by atoms with E-state index >= 15 is 0 Å². The number of hydrogen-bond acceptors (Lipinski definition) is 3. The molecule has 5 heteroatoms. The molecule has 0 bridgehead atoms. The van der Waals surface area contributed by atoms with Crippen molar-refractivity contribution in [2.75, 3.05) is 5.32 Å². The van der Waals surface area contributed by atoms with Crippen molar-refractivity contribution in [2.24, 2.45) is 0 Å². The van der Waals surface area contributed by atoms with Crippen molar-refractivity contribution in [2.45, 2.75) is 37.9 Å². The molecule has 2 heterocycles. The van der Waals surface area contributed by atoms with Crippen molar-refractivity contribution in [1.29, 1.82) is 0 Å². The predicted molar refractivity (Wildman–Crippen MR) is 105 cm³/mol. The Morgan fingerprint density at radius 1 is 0.963 bits per heavy atom. The number of rotatable bonds is 3. The maximum absolute atomic E-state index is 13.3. The third-order valence-corrected chi connectivity index (χ3v) is 5.62. The summed E-state index contributed by atoms with van der Waals surface area (Å²) in [5, 5.41) is 8.13. The van der Waals surface area contributed by atoms with E-state index in [1.54, 1.807) is 0 Å². The van der Waals surface area contributed by atoms with Crippen LogP contribution < -0.4 is 5.32 Å². The van der Waals surface area contributed by atoms with E-state index in [1.165, 1.54) is 12.8 Å². The smallest absolute Gasteiger partial charge is 0.258 e. The van der Waals surface area contributed by atoms with Crippen LogP contribution in [0.2, 0.25) is 0 Å². The quantitative estimate of drug-likeness (QED) is 0.756. The molecule has 0 saturated heterocycles. The minimum Gasteiger partial charge on any atom is -0.361 e. The van der Waals surface area contributed by atoms with Gasteiger partial charge in [0.2, 0.25) is 0 Å². The molecular weight excluding hydrogens is 336 g/mol. The summed E-state index contributed by atoms with van der Waals surface area (Å²) < 4.78 is 1.87. The van der Waals surface area contributed by atoms with E-state index in [9.17, 15) is 4.79 Å². The molecule has 2 aliphatic rings. The van der Waals surface area contributed by atoms with Gasteiger partial charge in [-0.3, -0.25) is 4.79 Å². The van der Waals surface area contributed by atoms with Gasteiger partial charge in [0, 0.05) is 23.5 Å². The van der Waals surface area contributed by atoms with Crippen LogP contribution in [0.4, 0.5) is 5.69 Å². The molecule has 0 radical (unpaired) electrons. The van der Waals surface area contributed by atoms with Gasteiger partial charge >= 0.3 is 0 Å². The monoisotopic (exact) mass is 358 g/mol. The van der Waals surface area contributed by atoms with Crippen LogP contribution in [0.25, 0.3) is 5.69 Å². The van der Waals surface area contributed by atoms with Crippen molar-refractivity contribution in [3.63, 3.8) is 0 Å². The highest BCUT2D eigenvalue weighted by molar-refractivity contribution is 6.01. The first-order valence-electron chi connectivity index (χ1n) is 9.59. The van der Waals surface area contributed by atoms with Crippen molar-refractivity contribution >= 4 is 11.6 Å². The van der Waals surface area contributed by atoms with Gasteiger partial charge in [-0.05, 0) is 37.1 Å². The van der Waals surface area contributed by atoms with Gasteiger partial charge in [-0.1, -0.05) is 43.2 Å². The van der Waals surface area contributed by atoms with E-state index < -0.39 is 0 Å². The van der Waals surface area contributed by atoms with Crippen molar-refractivity contribution in [1.82, 2.24) is 14.7 Å². The van der Waals surface area contributed by atoms with Gasteiger partial charge in [0.1, 0.15) is 6.17 Å². The lowest BCUT2D eigenvalue weighted by atomic mass is 10.0. The van der Waals surface area contributed by atoms with Crippen LogP contribution in [0.5, 0.6) is 0 Å². The Kier molecular flexibility index (Phi) is 3.93. The lowest BCUT2D eigenvalue weighted by molar-refractivity contribution is 0.0585. The maximum Gasteiger partial charge on any atom is 0.258 e. The second kappa shape index (κ2) is 6.58. The minimum atomic E-state index is -0.187. The summed E-state index contributed by atoms with van der Waals surface area (Å²) in [4.78, 5) is 15.4. The van der Waals surface area contributed by atoms with Gasteiger partial charge in [0.15, 0.2) is 0 Å². The second-order valence-electron chi connectivity index (χ2n) is 7.30. The molecule has 2 aromatic carbocycles. The molecule has 27 heavy (non-hydrogen) atoms. The van der Waals surface area contributed by atoms with Gasteiger partial charge in [-0.2, -0.15) is 5.10 Å². The number of nitrogens with one attached hydrogen (secondary N) is 1. The van der Waals surface area contributed by atoms with Crippen LogP contribution in [0, 0.1) is 0 Å². The molecule has 1 N–H and O–H groups in total. The van der Waals surface area contributed by atoms with E-state index in [4.69, 9.17) is 0 Å². The number of nitrogens with zero attached hydrogens (tertiary/aromatic N) is 3. The Balaban J connectivity index is 1.55. The normalized spacial score (nSPS) is 19.8. The average molecular weight is 358 g/mol. The zero-order valence-corrected chi connectivity index (χ0v) is 15.1. The highest BCUT2D eigenvalue weighted by Gasteiger charge is 2.38. The number of amides is 1. The Bertz CT molecular complexity index is 959. The maximum atomic E-state index is 13.3. The van der Waals surface area contributed by atoms with E-state index in [2.05, 4.69) is 10.4 Å². The zero-order chi connectivity index (χ0) is 18.2. The van der Waals surface area contributed by atoms with Crippen molar-refractivity contribution in [3.8, 4) is 5.69 Å². The Morgan fingerprint density at radius 3 is 2.52 bits per heavy atom. The largest absolute Gasteiger partial charge is 0.361 e. The Morgan fingerprint density at radius 2 is 1.70 bits per heavy atom. The summed E-state index contributed by atoms with van der Waals surface area (Å²) in [7, 11) is 0. The standard InChI is InChI=1S/C22H22N4O/c27-22-19-12-6-7-13-20(19)24-21(26(22)18-10-4-5-11-18)16-14-23-25(15-16)17-8-2-1-3-9-17/h1-3,6-9,12-15,18,21,24H,4-5,10-11H2/t21-/m0/s1. The summed E-state index contributed by atoms with van der Waals surface area (Å²) in [6, 6.07) is 18.1. The molecule has 3 aromatic rings. The number of para-hydroxylation sites is 2. The van der Waals surface area contributed by atoms with Crippen LogP contribution in [0.3, 0.4) is 0 Å². The topological polar surface area (TPSA) is 50.2 Å². The number of fused-ring (bicyclic) bond motifs is 1. The molecule has 1 aliphatic heterocycles. The third kappa shape index (κ3) is 2.79. The molecule has 1 aliphatic carbocycles. The first-order valence-corrected chi connectivity index (χ1v) is 9.59. The lowest BCUT2D eigenvalue weighted by Gasteiger charge is -2.41. The van der Waals surface area contributed by atoms with E-state index in [0.29, 0.717) is 0 Å². The first-order chi connectivity index (χ1) is 13.3. The first kappa shape index (κ1) is 16.1. The van der Waals surface area contributed by atoms with Crippen LogP contribution in [-0.4, -0.2) is 26.6 Å². The van der Waals surface area contributed by atoms with Crippen LogP contribution in [-0.2, 0) is 0 Å². The number of carbonyl (C=O) groups excluding carboxylic acids is 1. The van der Waals surface area contributed by atoms with Gasteiger partial charge in [-0.25, -0.2) is 4.68 Å². The minimum absolute atomic E-state index is 0.119. The molecule has 0 unspecified atom stereocenters. The van der Waals surface area contributed by atoms with Crippen LogP contribution in [0.15, 0.2) is 67.0 Å². The fourth-order valence-electron chi connectivity index (χ4n) is 4.27. The molecule has 1 aromatic heterocycles. The van der Waals surface area contributed by atoms with E-state index in [1.807, 2.05) is 76.6 Å². The van der Waals surface area contributed by atoms with Crippen molar-refractivity contribution < 1.29 is 4.79 Å². The summed E-state index contributed by atoms with van der Waals surface area (Å²) in [6.45, 7) is 0. The van der Waals surface area contributed by atoms with Gasteiger partial charge < -0.3 is 10.2 Å². The van der Waals surface area contributed by atoms with Crippen LogP contribution in [0.1, 0.15) is 47.8 Å². The summed E-state index contributed by atoms with van der Waals surface area (Å²) in [6.07, 6.45) is 8.22. The number of hydrogen-bond donors (Lipinski definition) is 1. The molecule has 5 rings (SSSR count). The third-order valence-electron chi connectivity index (χ3n) is 5.62. The number of benzene rings is 2. The number of anilines is 1. The summed E-state index contributed by atoms with van der Waals surface area (Å²) in [5.41, 5.74) is 3.68. The lowest BCUT2D eigenvalue weighted by Crippen LogP contribution is -2.47. The summed E-state index contributed by atoms with van der Waals surface area (Å²) >= 11 is 0. The molecule has 1 fully saturated rings. The SMILES string of the molecule is O=C1c2ccccc2N[C@H](c2cnn(-c3ccccc3)c2)N1C1CCCC1. The Labute approximate surface area is 158 Å². The fraction of sp³-hybridized carbons (Fsp3) is 0.273. The molecule has 1 amide bonds. The highest BCUT2D eigenvalue weighted by Crippen LogP contribution is 2.38. The number of carbonyl (C=O) groups is 1. The van der Waals surface area contributed by atoms with E-state index in [-0.39, 0.29) is 18.1 Å². The highest BCUT2D eigenvalue weighted by atomic mass is 16.2. The second-order valence-corrected chi connectivity index (χ2v) is 7.30. The van der Waals surface area contributed by atoms with Gasteiger partial charge in [-0.15, -0.1) is 0 Å². The number of aromatic nitrogens is 2. The molecule has 0 spiro atoms. The van der Waals surface area contributed by atoms with Gasteiger partial charge in [0.25, 0.3) is 5.91 Å².